The van der Waals surface area contributed by atoms with Crippen LogP contribution in [0.4, 0.5) is 5.69 Å². The summed E-state index contributed by atoms with van der Waals surface area (Å²) in [6.45, 7) is 3.46. The van der Waals surface area contributed by atoms with E-state index < -0.39 is 0 Å². The summed E-state index contributed by atoms with van der Waals surface area (Å²) in [7, 11) is 3.79. The minimum absolute atomic E-state index is 0.565. The number of hydrogen-bond acceptors (Lipinski definition) is 3. The Hall–Kier alpha value is -2.00. The summed E-state index contributed by atoms with van der Waals surface area (Å²) < 4.78 is 5.44. The van der Waals surface area contributed by atoms with E-state index in [0.29, 0.717) is 6.54 Å². The number of ether oxygens (including phenoxy) is 1. The van der Waals surface area contributed by atoms with Gasteiger partial charge >= 0.3 is 0 Å². The third-order valence-electron chi connectivity index (χ3n) is 3.43. The van der Waals surface area contributed by atoms with Crippen molar-refractivity contribution in [1.82, 2.24) is 0 Å². The molecule has 2 rings (SSSR count). The molecule has 0 saturated heterocycles. The number of methoxy groups -OCH3 is 1. The predicted octanol–water partition coefficient (Wildman–Crippen LogP) is 3.10. The second kappa shape index (κ2) is 6.44. The summed E-state index contributed by atoms with van der Waals surface area (Å²) in [5, 5.41) is 0. The van der Waals surface area contributed by atoms with Crippen molar-refractivity contribution in [3.63, 3.8) is 0 Å². The monoisotopic (exact) mass is 270 g/mol. The zero-order chi connectivity index (χ0) is 14.5. The lowest BCUT2D eigenvalue weighted by molar-refractivity contribution is 0.409. The van der Waals surface area contributed by atoms with Crippen LogP contribution in [0.15, 0.2) is 42.5 Å². The fraction of sp³-hybridized carbons (Fsp3) is 0.294. The Morgan fingerprint density at radius 3 is 2.65 bits per heavy atom. The summed E-state index contributed by atoms with van der Waals surface area (Å²) in [6.07, 6.45) is 0. The molecule has 0 radical (unpaired) electrons. The first kappa shape index (κ1) is 14.4. The summed E-state index contributed by atoms with van der Waals surface area (Å²) in [5.41, 5.74) is 10.4. The van der Waals surface area contributed by atoms with Crippen molar-refractivity contribution in [3.8, 4) is 5.75 Å². The van der Waals surface area contributed by atoms with Crippen LogP contribution in [-0.4, -0.2) is 14.2 Å². The molecule has 0 aliphatic rings. The molecule has 0 unspecified atom stereocenters. The van der Waals surface area contributed by atoms with Crippen molar-refractivity contribution < 1.29 is 4.74 Å². The molecule has 106 valence electrons. The second-order valence-electron chi connectivity index (χ2n) is 5.05. The molecule has 0 aliphatic heterocycles. The van der Waals surface area contributed by atoms with Crippen molar-refractivity contribution in [1.29, 1.82) is 0 Å². The van der Waals surface area contributed by atoms with Crippen molar-refractivity contribution >= 4 is 5.69 Å². The molecule has 0 aliphatic carbocycles. The molecule has 0 saturated carbocycles. The minimum Gasteiger partial charge on any atom is -0.496 e. The van der Waals surface area contributed by atoms with Gasteiger partial charge in [-0.3, -0.25) is 0 Å². The molecule has 3 heteroatoms. The van der Waals surface area contributed by atoms with E-state index >= 15 is 0 Å². The number of aryl methyl sites for hydroxylation is 1. The molecule has 0 bridgehead atoms. The number of hydrogen-bond donors (Lipinski definition) is 1. The van der Waals surface area contributed by atoms with Gasteiger partial charge in [-0.15, -0.1) is 0 Å². The van der Waals surface area contributed by atoms with E-state index in [1.165, 1.54) is 11.1 Å². The molecule has 0 heterocycles. The smallest absolute Gasteiger partial charge is 0.123 e. The van der Waals surface area contributed by atoms with Gasteiger partial charge in [0.15, 0.2) is 0 Å². The van der Waals surface area contributed by atoms with E-state index in [1.54, 1.807) is 7.11 Å². The lowest BCUT2D eigenvalue weighted by Crippen LogP contribution is -2.17. The average Bonchev–Trinajstić information content (AvgIpc) is 2.47. The molecule has 0 fully saturated rings. The predicted molar refractivity (Wildman–Crippen MR) is 84.2 cm³/mol. The second-order valence-corrected chi connectivity index (χ2v) is 5.05. The Kier molecular flexibility index (Phi) is 4.64. The largest absolute Gasteiger partial charge is 0.496 e. The van der Waals surface area contributed by atoms with Gasteiger partial charge in [-0.2, -0.15) is 0 Å². The normalized spacial score (nSPS) is 10.4. The van der Waals surface area contributed by atoms with E-state index in [4.69, 9.17) is 10.5 Å². The third-order valence-corrected chi connectivity index (χ3v) is 3.43. The first-order valence-electron chi connectivity index (χ1n) is 6.77. The van der Waals surface area contributed by atoms with Crippen molar-refractivity contribution in [2.24, 2.45) is 5.73 Å². The van der Waals surface area contributed by atoms with E-state index in [-0.39, 0.29) is 0 Å². The minimum atomic E-state index is 0.565. The Morgan fingerprint density at radius 1 is 1.15 bits per heavy atom. The summed E-state index contributed by atoms with van der Waals surface area (Å²) in [4.78, 5) is 2.20. The summed E-state index contributed by atoms with van der Waals surface area (Å²) >= 11 is 0. The fourth-order valence-electron chi connectivity index (χ4n) is 2.30. The van der Waals surface area contributed by atoms with Crippen LogP contribution in [0.5, 0.6) is 5.75 Å². The van der Waals surface area contributed by atoms with Gasteiger partial charge in [-0.25, -0.2) is 0 Å². The van der Waals surface area contributed by atoms with Gasteiger partial charge in [0, 0.05) is 31.4 Å². The Balaban J connectivity index is 2.22. The van der Waals surface area contributed by atoms with Crippen LogP contribution in [0.3, 0.4) is 0 Å². The quantitative estimate of drug-likeness (QED) is 0.907. The van der Waals surface area contributed by atoms with Crippen LogP contribution >= 0.6 is 0 Å². The number of benzene rings is 2. The molecular formula is C17H22N2O. The van der Waals surface area contributed by atoms with Gasteiger partial charge < -0.3 is 15.4 Å². The van der Waals surface area contributed by atoms with E-state index in [9.17, 15) is 0 Å². The highest BCUT2D eigenvalue weighted by Crippen LogP contribution is 2.24. The lowest BCUT2D eigenvalue weighted by Gasteiger charge is -2.21. The maximum Gasteiger partial charge on any atom is 0.123 e. The molecule has 0 amide bonds. The molecule has 0 aromatic heterocycles. The average molecular weight is 270 g/mol. The van der Waals surface area contributed by atoms with Crippen molar-refractivity contribution in [2.45, 2.75) is 20.0 Å². The number of rotatable bonds is 5. The third kappa shape index (κ3) is 3.31. The maximum atomic E-state index is 5.70. The van der Waals surface area contributed by atoms with Crippen LogP contribution < -0.4 is 15.4 Å². The maximum absolute atomic E-state index is 5.70. The van der Waals surface area contributed by atoms with E-state index in [1.807, 2.05) is 18.2 Å². The lowest BCUT2D eigenvalue weighted by atomic mass is 10.1. The van der Waals surface area contributed by atoms with Gasteiger partial charge in [0.2, 0.25) is 0 Å². The first-order chi connectivity index (χ1) is 9.63. The fourth-order valence-corrected chi connectivity index (χ4v) is 2.30. The van der Waals surface area contributed by atoms with Crippen molar-refractivity contribution in [2.75, 3.05) is 19.1 Å². The highest BCUT2D eigenvalue weighted by atomic mass is 16.5. The van der Waals surface area contributed by atoms with Crippen LogP contribution in [0.25, 0.3) is 0 Å². The molecular weight excluding hydrogens is 248 g/mol. The van der Waals surface area contributed by atoms with Gasteiger partial charge in [-0.1, -0.05) is 29.8 Å². The molecule has 0 spiro atoms. The van der Waals surface area contributed by atoms with Crippen LogP contribution in [0.2, 0.25) is 0 Å². The first-order valence-corrected chi connectivity index (χ1v) is 6.77. The number of nitrogens with two attached hydrogens (primary N) is 1. The molecule has 2 N–H and O–H groups in total. The van der Waals surface area contributed by atoms with Gasteiger partial charge in [0.05, 0.1) is 7.11 Å². The van der Waals surface area contributed by atoms with Crippen LogP contribution in [0.1, 0.15) is 16.7 Å². The van der Waals surface area contributed by atoms with Gasteiger partial charge in [-0.05, 0) is 30.7 Å². The standard InChI is InChI=1S/C17H22N2O/c1-13-7-8-17(20-3)15(9-13)12-19(2)16-6-4-5-14(10-16)11-18/h4-10H,11-12,18H2,1-3H3. The summed E-state index contributed by atoms with van der Waals surface area (Å²) in [6, 6.07) is 14.6. The number of anilines is 1. The van der Waals surface area contributed by atoms with Crippen molar-refractivity contribution in [3.05, 3.63) is 59.2 Å². The van der Waals surface area contributed by atoms with E-state index in [0.717, 1.165) is 23.5 Å². The molecule has 20 heavy (non-hydrogen) atoms. The van der Waals surface area contributed by atoms with Gasteiger partial charge in [0.25, 0.3) is 0 Å². The molecule has 2 aromatic carbocycles. The van der Waals surface area contributed by atoms with Crippen LogP contribution in [0, 0.1) is 6.92 Å². The topological polar surface area (TPSA) is 38.5 Å². The van der Waals surface area contributed by atoms with Gasteiger partial charge in [0.1, 0.15) is 5.75 Å². The van der Waals surface area contributed by atoms with Crippen LogP contribution in [-0.2, 0) is 13.1 Å². The summed E-state index contributed by atoms with van der Waals surface area (Å²) in [5.74, 6) is 0.928. The molecule has 2 aromatic rings. The Bertz CT molecular complexity index is 581. The SMILES string of the molecule is COc1ccc(C)cc1CN(C)c1cccc(CN)c1. The highest BCUT2D eigenvalue weighted by molar-refractivity contribution is 5.50. The Morgan fingerprint density at radius 2 is 1.95 bits per heavy atom. The number of nitrogens with zero attached hydrogens (tertiary/aromatic N) is 1. The zero-order valence-corrected chi connectivity index (χ0v) is 12.4. The molecule has 0 atom stereocenters. The van der Waals surface area contributed by atoms with E-state index in [2.05, 4.69) is 43.1 Å². The zero-order valence-electron chi connectivity index (χ0n) is 12.4. The Labute approximate surface area is 121 Å². The highest BCUT2D eigenvalue weighted by Gasteiger charge is 2.08. The molecule has 3 nitrogen and oxygen atoms in total.